The van der Waals surface area contributed by atoms with Crippen molar-refractivity contribution in [3.8, 4) is 0 Å². The van der Waals surface area contributed by atoms with Crippen LogP contribution in [0.5, 0.6) is 0 Å². The SMILES string of the molecule is CN.CNC(=O)CCNC(=O)c1ccc(CCCCCCCCCCCCCCCCCCOP(=O)([O-])OCC[N+](C)(C)C)cc1.C[N+](C)(C)CCOP(=O)([O-])OCCCCCCCCCCCCCCCCCCc1ccc(C(=O)N2CCC2=O)cc1. The minimum absolute atomic E-state index is 0.0706. The second-order valence-corrected chi connectivity index (χ2v) is 28.6. The number of phosphoric acid groups is 2. The van der Waals surface area contributed by atoms with Crippen LogP contribution in [0.15, 0.2) is 48.5 Å². The molecule has 0 saturated carbocycles. The molecule has 0 aliphatic carbocycles. The minimum atomic E-state index is -4.17. The Morgan fingerprint density at radius 3 is 1.06 bits per heavy atom. The molecule has 1 aliphatic heterocycles. The van der Waals surface area contributed by atoms with Gasteiger partial charge in [-0.25, -0.2) is 0 Å². The lowest BCUT2D eigenvalue weighted by Gasteiger charge is -2.28. The second kappa shape index (κ2) is 51.2. The number of rotatable bonds is 53. The smallest absolute Gasteiger partial charge is 0.268 e. The van der Waals surface area contributed by atoms with Gasteiger partial charge in [-0.2, -0.15) is 0 Å². The van der Waals surface area contributed by atoms with E-state index in [4.69, 9.17) is 18.1 Å². The number of unbranched alkanes of at least 4 members (excludes halogenated alkanes) is 30. The van der Waals surface area contributed by atoms with Crippen molar-refractivity contribution in [2.45, 2.75) is 231 Å². The molecule has 2 unspecified atom stereocenters. The maximum Gasteiger partial charge on any atom is 0.268 e. The average molecular weight is 1280 g/mol. The summed E-state index contributed by atoms with van der Waals surface area (Å²) in [7, 11) is 6.70. The fourth-order valence-corrected chi connectivity index (χ4v) is 11.4. The summed E-state index contributed by atoms with van der Waals surface area (Å²) in [4.78, 5) is 71.9. The van der Waals surface area contributed by atoms with E-state index in [1.54, 1.807) is 7.05 Å². The molecule has 0 aromatic heterocycles. The Kier molecular flexibility index (Phi) is 48.0. The Morgan fingerprint density at radius 2 is 0.773 bits per heavy atom. The van der Waals surface area contributed by atoms with Crippen LogP contribution >= 0.6 is 15.6 Å². The molecule has 2 aromatic carbocycles. The van der Waals surface area contributed by atoms with Gasteiger partial charge in [0.1, 0.15) is 26.3 Å². The number of phosphoric ester groups is 2. The molecule has 508 valence electrons. The van der Waals surface area contributed by atoms with Crippen LogP contribution in [0.3, 0.4) is 0 Å². The lowest BCUT2D eigenvalue weighted by Crippen LogP contribution is -2.47. The predicted molar refractivity (Wildman–Crippen MR) is 355 cm³/mol. The fourth-order valence-electron chi connectivity index (χ4n) is 9.93. The minimum Gasteiger partial charge on any atom is -0.756 e. The van der Waals surface area contributed by atoms with Crippen molar-refractivity contribution in [1.29, 1.82) is 0 Å². The zero-order valence-corrected chi connectivity index (χ0v) is 58.2. The van der Waals surface area contributed by atoms with Crippen molar-refractivity contribution in [1.82, 2.24) is 15.5 Å². The number of amides is 4. The number of benzene rings is 2. The van der Waals surface area contributed by atoms with Gasteiger partial charge in [0.15, 0.2) is 0 Å². The molecule has 18 nitrogen and oxygen atoms in total. The summed E-state index contributed by atoms with van der Waals surface area (Å²) in [5.74, 6) is -0.456. The Labute approximate surface area is 534 Å². The van der Waals surface area contributed by atoms with E-state index in [1.165, 1.54) is 190 Å². The number of nitrogens with one attached hydrogen (secondary N) is 2. The van der Waals surface area contributed by atoms with Gasteiger partial charge in [0.05, 0.1) is 55.5 Å². The summed E-state index contributed by atoms with van der Waals surface area (Å²) in [5.41, 5.74) is 8.27. The number of carbonyl (C=O) groups excluding carboxylic acids is 4. The molecular weight excluding hydrogens is 1150 g/mol. The van der Waals surface area contributed by atoms with Gasteiger partial charge < -0.3 is 53.2 Å². The number of likely N-dealkylation sites (N-methyl/N-ethyl adjacent to an activating group) is 2. The summed E-state index contributed by atoms with van der Waals surface area (Å²) >= 11 is 0. The molecule has 1 fully saturated rings. The maximum absolute atomic E-state index is 12.2. The largest absolute Gasteiger partial charge is 0.756 e. The fraction of sp³-hybridized carbons (Fsp3) is 0.765. The van der Waals surface area contributed by atoms with E-state index in [-0.39, 0.29) is 56.5 Å². The predicted octanol–water partition coefficient (Wildman–Crippen LogP) is 13.2. The van der Waals surface area contributed by atoms with E-state index in [0.717, 1.165) is 51.4 Å². The van der Waals surface area contributed by atoms with Crippen molar-refractivity contribution in [2.75, 3.05) is 109 Å². The highest BCUT2D eigenvalue weighted by molar-refractivity contribution is 7.46. The molecule has 2 atom stereocenters. The molecule has 1 heterocycles. The highest BCUT2D eigenvalue weighted by Crippen LogP contribution is 2.39. The van der Waals surface area contributed by atoms with Gasteiger partial charge in [0.2, 0.25) is 11.8 Å². The number of aryl methyl sites for hydroxylation is 2. The summed E-state index contributed by atoms with van der Waals surface area (Å²) in [6.45, 7) is 2.86. The van der Waals surface area contributed by atoms with Crippen LogP contribution in [0.1, 0.15) is 250 Å². The molecule has 4 N–H and O–H groups in total. The standard InChI is InChI=1S/C34H62N3O6P.C33H57N2O6P.CH5N/c1-35-33(38)26-27-36-34(39)32-24-22-31(23-25-32)21-19-17-15-13-11-9-7-5-6-8-10-12-14-16-18-20-29-42-44(40,41)43-30-28-37(2,3)4;1-35(2,3)27-29-41-42(38,39)40-28-19-17-15-13-11-9-7-5-4-6-8-10-12-14-16-18-20-30-21-23-31(24-22-30)33(37)34-26-25-32(34)36;1-2/h22-25H,5-21,26-30H2,1-4H3,(H2-,35,36,38,39,40,41);21-24H,4-20,25-29H2,1-3H3;2H2,1H3. The molecule has 0 bridgehead atoms. The monoisotopic (exact) mass is 1280 g/mol. The van der Waals surface area contributed by atoms with E-state index >= 15 is 0 Å². The van der Waals surface area contributed by atoms with Gasteiger partial charge in [-0.15, -0.1) is 0 Å². The molecule has 20 heteroatoms. The number of hydrogen-bond acceptors (Lipinski definition) is 13. The number of nitrogens with two attached hydrogens (primary N) is 1. The number of nitrogens with zero attached hydrogens (tertiary/aromatic N) is 3. The first-order chi connectivity index (χ1) is 42.1. The second-order valence-electron chi connectivity index (χ2n) is 25.7. The molecule has 0 radical (unpaired) electrons. The molecule has 3 rings (SSSR count). The van der Waals surface area contributed by atoms with Gasteiger partial charge in [-0.3, -0.25) is 33.2 Å². The third-order valence-electron chi connectivity index (χ3n) is 15.7. The number of likely N-dealkylation sites (tertiary alicyclic amines) is 1. The number of quaternary nitrogens is 2. The lowest BCUT2D eigenvalue weighted by molar-refractivity contribution is -0.870. The number of hydrogen-bond donors (Lipinski definition) is 3. The average Bonchev–Trinajstić information content (AvgIpc) is 3.68. The first kappa shape index (κ1) is 82.6. The van der Waals surface area contributed by atoms with Crippen LogP contribution in [-0.2, 0) is 49.7 Å². The van der Waals surface area contributed by atoms with Crippen LogP contribution in [0.25, 0.3) is 0 Å². The zero-order valence-electron chi connectivity index (χ0n) is 56.4. The van der Waals surface area contributed by atoms with Crippen molar-refractivity contribution in [2.24, 2.45) is 5.73 Å². The van der Waals surface area contributed by atoms with Crippen LogP contribution < -0.4 is 26.2 Å². The Hall–Kier alpha value is -3.38. The van der Waals surface area contributed by atoms with E-state index < -0.39 is 15.6 Å². The number of carbonyl (C=O) groups is 4. The summed E-state index contributed by atoms with van der Waals surface area (Å²) in [6, 6.07) is 15.6. The van der Waals surface area contributed by atoms with Crippen LogP contribution in [0.4, 0.5) is 0 Å². The normalized spacial score (nSPS) is 13.8. The Morgan fingerprint density at radius 1 is 0.477 bits per heavy atom. The topological polar surface area (TPSA) is 239 Å². The third kappa shape index (κ3) is 47.5. The molecule has 1 aliphatic rings. The van der Waals surface area contributed by atoms with Gasteiger partial charge in [-0.1, -0.05) is 204 Å². The highest BCUT2D eigenvalue weighted by atomic mass is 31.2. The van der Waals surface area contributed by atoms with Gasteiger partial charge in [0, 0.05) is 44.1 Å². The first-order valence-corrected chi connectivity index (χ1v) is 36.9. The van der Waals surface area contributed by atoms with Gasteiger partial charge in [0.25, 0.3) is 27.5 Å². The lowest BCUT2D eigenvalue weighted by atomic mass is 10.0. The zero-order chi connectivity index (χ0) is 65.2. The van der Waals surface area contributed by atoms with Crippen LogP contribution in [-0.4, -0.2) is 146 Å². The number of β-lactam (4-membered cyclic amide) rings is 1. The van der Waals surface area contributed by atoms with Crippen molar-refractivity contribution in [3.05, 3.63) is 70.8 Å². The van der Waals surface area contributed by atoms with Gasteiger partial charge in [-0.05, 0) is 81.0 Å². The molecule has 1 saturated heterocycles. The Bertz CT molecular complexity index is 2190. The summed E-state index contributed by atoms with van der Waals surface area (Å²) in [6.07, 6.45) is 42.2. The summed E-state index contributed by atoms with van der Waals surface area (Å²) in [5, 5.41) is 5.32. The van der Waals surface area contributed by atoms with Crippen molar-refractivity contribution >= 4 is 39.3 Å². The van der Waals surface area contributed by atoms with Crippen molar-refractivity contribution in [3.63, 3.8) is 0 Å². The van der Waals surface area contributed by atoms with Crippen molar-refractivity contribution < 1.29 is 65.2 Å². The highest BCUT2D eigenvalue weighted by Gasteiger charge is 2.30. The quantitative estimate of drug-likeness (QED) is 0.0184. The molecular formula is C68H124N6O12P2. The molecule has 88 heavy (non-hydrogen) atoms. The van der Waals surface area contributed by atoms with E-state index in [2.05, 4.69) is 16.4 Å². The molecule has 0 spiro atoms. The van der Waals surface area contributed by atoms with E-state index in [1.807, 2.05) is 90.8 Å². The van der Waals surface area contributed by atoms with Gasteiger partial charge >= 0.3 is 0 Å². The van der Waals surface area contributed by atoms with Crippen LogP contribution in [0, 0.1) is 0 Å². The van der Waals surface area contributed by atoms with E-state index in [9.17, 15) is 38.1 Å². The molecule has 4 amide bonds. The van der Waals surface area contributed by atoms with Crippen LogP contribution in [0.2, 0.25) is 0 Å². The summed E-state index contributed by atoms with van der Waals surface area (Å²) < 4.78 is 44.6. The molecule has 2 aromatic rings. The Balaban J connectivity index is 0.000000856. The number of imide groups is 1. The maximum atomic E-state index is 12.2. The first-order valence-electron chi connectivity index (χ1n) is 34.0. The third-order valence-corrected chi connectivity index (χ3v) is 17.7. The van der Waals surface area contributed by atoms with E-state index in [0.29, 0.717) is 52.7 Å².